The average molecular weight is 878 g/mol. The Bertz CT molecular complexity index is 2070. The van der Waals surface area contributed by atoms with Gasteiger partial charge in [0.1, 0.15) is 23.9 Å². The molecule has 6 N–H and O–H groups in total. The van der Waals surface area contributed by atoms with E-state index in [1.807, 2.05) is 115 Å². The molecule has 2 aliphatic rings. The molecule has 13 nitrogen and oxygen atoms in total. The molecular weight excluding hydrogens is 819 g/mol. The smallest absolute Gasteiger partial charge is 0.303 e. The summed E-state index contributed by atoms with van der Waals surface area (Å²) >= 11 is 1.58. The molecule has 0 spiro atoms. The van der Waals surface area contributed by atoms with E-state index in [1.54, 1.807) is 11.8 Å². The number of thioether (sulfide) groups is 1. The Kier molecular flexibility index (Phi) is 19.5. The van der Waals surface area contributed by atoms with Crippen molar-refractivity contribution in [1.29, 1.82) is 0 Å². The largest absolute Gasteiger partial charge is 0.484 e. The highest BCUT2D eigenvalue weighted by Crippen LogP contribution is 2.28. The molecule has 0 bridgehead atoms. The minimum Gasteiger partial charge on any atom is -0.484 e. The predicted molar refractivity (Wildman–Crippen MR) is 245 cm³/mol. The maximum Gasteiger partial charge on any atom is 0.303 e. The molecule has 2 unspecified atom stereocenters. The number of hydrogen-bond donors (Lipinski definition) is 6. The molecule has 0 saturated heterocycles. The van der Waals surface area contributed by atoms with Gasteiger partial charge in [-0.15, -0.1) is 11.8 Å². The molecule has 63 heavy (non-hydrogen) atoms. The Morgan fingerprint density at radius 2 is 1.43 bits per heavy atom. The summed E-state index contributed by atoms with van der Waals surface area (Å²) in [6, 6.07) is 23.8. The number of carbonyl (C=O) groups excluding carboxylic acids is 5. The van der Waals surface area contributed by atoms with Crippen LogP contribution in [0, 0.1) is 5.92 Å². The minimum atomic E-state index is -1.15. The third-order valence-corrected chi connectivity index (χ3v) is 11.8. The topological polar surface area (TPSA) is 192 Å². The van der Waals surface area contributed by atoms with Crippen LogP contribution in [0.5, 0.6) is 0 Å². The van der Waals surface area contributed by atoms with E-state index < -0.39 is 53.6 Å². The fourth-order valence-corrected chi connectivity index (χ4v) is 8.08. The van der Waals surface area contributed by atoms with Gasteiger partial charge in [-0.3, -0.25) is 28.8 Å². The Balaban J connectivity index is 1.31. The molecule has 3 aromatic rings. The quantitative estimate of drug-likeness (QED) is 0.0574. The van der Waals surface area contributed by atoms with Gasteiger partial charge in [0, 0.05) is 24.6 Å². The summed E-state index contributed by atoms with van der Waals surface area (Å²) in [5.74, 6) is -2.52. The van der Waals surface area contributed by atoms with Crippen LogP contribution in [-0.2, 0) is 46.3 Å². The van der Waals surface area contributed by atoms with Crippen molar-refractivity contribution in [2.24, 2.45) is 5.92 Å². The summed E-state index contributed by atoms with van der Waals surface area (Å²) in [7, 11) is 0. The van der Waals surface area contributed by atoms with E-state index in [1.165, 1.54) is 0 Å². The number of carboxylic acids is 1. The van der Waals surface area contributed by atoms with Gasteiger partial charge in [0.25, 0.3) is 5.91 Å². The van der Waals surface area contributed by atoms with Crippen molar-refractivity contribution in [2.75, 3.05) is 19.7 Å². The second-order valence-corrected chi connectivity index (χ2v) is 17.1. The standard InChI is InChI=1S/C49H59N5O8S/c1-34-18-25-39(26-19-34)62-33-45(56)52-43(31-40-16-11-29-63-40)49(61)54-42(30-36-20-23-38(24-21-36)37-14-7-3-8-15-37)48(60)53-41(27-22-35-12-5-2-6-13-35)47(59)51-32-44(55)50-28-10-4-9-17-46(57)58/h2-3,5-8,11-15,18,20-21,23-26,29,34,40-43H,4,9-10,16-17,19,22,27-28,30-33H2,1H3,(H,50,55)(H,51,59)(H,52,56)(H,53,60)(H,54,61)(H,57,58)/t34?,40?,41-,42+,43-/m1/s1. The highest BCUT2D eigenvalue weighted by Gasteiger charge is 2.32. The zero-order valence-corrected chi connectivity index (χ0v) is 36.6. The summed E-state index contributed by atoms with van der Waals surface area (Å²) in [6.45, 7) is 1.80. The van der Waals surface area contributed by atoms with Crippen LogP contribution in [0.3, 0.4) is 0 Å². The number of unbranched alkanes of at least 4 members (excludes halogenated alkanes) is 2. The first-order valence-corrected chi connectivity index (χ1v) is 22.6. The Morgan fingerprint density at radius 3 is 2.11 bits per heavy atom. The second-order valence-electron chi connectivity index (χ2n) is 15.9. The van der Waals surface area contributed by atoms with Gasteiger partial charge < -0.3 is 36.4 Å². The van der Waals surface area contributed by atoms with Crippen molar-refractivity contribution >= 4 is 47.3 Å². The van der Waals surface area contributed by atoms with Crippen LogP contribution >= 0.6 is 11.8 Å². The molecule has 5 rings (SSSR count). The first kappa shape index (κ1) is 47.9. The third-order valence-electron chi connectivity index (χ3n) is 10.7. The lowest BCUT2D eigenvalue weighted by molar-refractivity contribution is -0.137. The van der Waals surface area contributed by atoms with Gasteiger partial charge in [-0.1, -0.05) is 110 Å². The van der Waals surface area contributed by atoms with Crippen LogP contribution in [-0.4, -0.2) is 83.7 Å². The van der Waals surface area contributed by atoms with Crippen molar-refractivity contribution in [2.45, 2.75) is 94.5 Å². The first-order valence-electron chi connectivity index (χ1n) is 21.7. The van der Waals surface area contributed by atoms with Gasteiger partial charge in [0.2, 0.25) is 23.6 Å². The highest BCUT2D eigenvalue weighted by atomic mass is 32.2. The van der Waals surface area contributed by atoms with Gasteiger partial charge >= 0.3 is 5.97 Å². The maximum atomic E-state index is 14.4. The molecule has 3 aromatic carbocycles. The number of allylic oxidation sites excluding steroid dienone is 4. The number of carbonyl (C=O) groups is 6. The second kappa shape index (κ2) is 25.7. The summed E-state index contributed by atoms with van der Waals surface area (Å²) in [4.78, 5) is 79.2. The van der Waals surface area contributed by atoms with Crippen molar-refractivity contribution in [1.82, 2.24) is 26.6 Å². The number of carboxylic acid groups (broad SMARTS) is 1. The summed E-state index contributed by atoms with van der Waals surface area (Å²) in [5.41, 5.74) is 3.70. The number of ether oxygens (including phenoxy) is 1. The first-order chi connectivity index (χ1) is 30.5. The number of nitrogens with one attached hydrogen (secondary N) is 5. The molecule has 5 amide bonds. The van der Waals surface area contributed by atoms with E-state index in [9.17, 15) is 28.8 Å². The fraction of sp³-hybridized carbons (Fsp3) is 0.388. The molecule has 1 aliphatic heterocycles. The molecule has 0 aromatic heterocycles. The number of aliphatic carboxylic acids is 1. The molecule has 14 heteroatoms. The van der Waals surface area contributed by atoms with E-state index in [0.29, 0.717) is 50.3 Å². The van der Waals surface area contributed by atoms with Crippen LogP contribution in [0.25, 0.3) is 11.1 Å². The minimum absolute atomic E-state index is 0.0328. The number of aryl methyl sites for hydroxylation is 1. The molecule has 0 radical (unpaired) electrons. The summed E-state index contributed by atoms with van der Waals surface area (Å²) < 4.78 is 5.75. The van der Waals surface area contributed by atoms with Crippen LogP contribution in [0.15, 0.2) is 120 Å². The van der Waals surface area contributed by atoms with Crippen molar-refractivity contribution in [3.63, 3.8) is 0 Å². The van der Waals surface area contributed by atoms with Gasteiger partial charge in [0.15, 0.2) is 6.61 Å². The van der Waals surface area contributed by atoms with Crippen molar-refractivity contribution in [3.8, 4) is 11.1 Å². The lowest BCUT2D eigenvalue weighted by atomic mass is 9.99. The summed E-state index contributed by atoms with van der Waals surface area (Å²) in [6.07, 6.45) is 12.1. The van der Waals surface area contributed by atoms with Crippen molar-refractivity contribution < 1.29 is 38.6 Å². The Labute approximate surface area is 374 Å². The van der Waals surface area contributed by atoms with Gasteiger partial charge in [-0.2, -0.15) is 0 Å². The predicted octanol–water partition coefficient (Wildman–Crippen LogP) is 5.77. The van der Waals surface area contributed by atoms with Gasteiger partial charge in [-0.05, 0) is 90.7 Å². The molecule has 1 aliphatic carbocycles. The molecular formula is C49H59N5O8S. The van der Waals surface area contributed by atoms with Crippen molar-refractivity contribution in [3.05, 3.63) is 132 Å². The zero-order chi connectivity index (χ0) is 44.8. The van der Waals surface area contributed by atoms with E-state index >= 15 is 0 Å². The number of benzene rings is 3. The number of hydrogen-bond acceptors (Lipinski definition) is 8. The van der Waals surface area contributed by atoms with Gasteiger partial charge in [-0.25, -0.2) is 0 Å². The van der Waals surface area contributed by atoms with Crippen LogP contribution in [0.2, 0.25) is 0 Å². The number of rotatable bonds is 25. The Morgan fingerprint density at radius 1 is 0.730 bits per heavy atom. The SMILES string of the molecule is CC1C=CC(OCC(=O)N[C@H](CC2CC=CS2)C(=O)N[C@@H](Cc2ccc(-c3ccccc3)cc2)C(=O)N[C@H](CCc2ccccc2)C(=O)NCC(=O)NCCCCCC(=O)O)=CC1. The highest BCUT2D eigenvalue weighted by molar-refractivity contribution is 8.03. The van der Waals surface area contributed by atoms with E-state index in [4.69, 9.17) is 9.84 Å². The summed E-state index contributed by atoms with van der Waals surface area (Å²) in [5, 5.41) is 24.9. The third kappa shape index (κ3) is 17.3. The Hall–Kier alpha value is -6.15. The molecule has 1 heterocycles. The van der Waals surface area contributed by atoms with E-state index in [2.05, 4.69) is 33.5 Å². The van der Waals surface area contributed by atoms with Crippen LogP contribution < -0.4 is 26.6 Å². The lowest BCUT2D eigenvalue weighted by Crippen LogP contribution is -2.58. The van der Waals surface area contributed by atoms with E-state index in [0.717, 1.165) is 35.1 Å². The fourth-order valence-electron chi connectivity index (χ4n) is 7.11. The maximum absolute atomic E-state index is 14.4. The molecule has 0 saturated carbocycles. The van der Waals surface area contributed by atoms with Crippen LogP contribution in [0.4, 0.5) is 0 Å². The van der Waals surface area contributed by atoms with E-state index in [-0.39, 0.29) is 37.7 Å². The van der Waals surface area contributed by atoms with Gasteiger partial charge in [0.05, 0.1) is 6.54 Å². The lowest BCUT2D eigenvalue weighted by Gasteiger charge is -2.26. The monoisotopic (exact) mass is 877 g/mol. The van der Waals surface area contributed by atoms with Crippen LogP contribution in [0.1, 0.15) is 69.4 Å². The average Bonchev–Trinajstić information content (AvgIpc) is 3.81. The zero-order valence-electron chi connectivity index (χ0n) is 35.8. The normalized spacial score (nSPS) is 16.7. The number of amides is 5. The molecule has 334 valence electrons. The molecule has 5 atom stereocenters. The molecule has 0 fully saturated rings.